The normalized spacial score (nSPS) is 11.3. The minimum Gasteiger partial charge on any atom is -0.328 e. The topological polar surface area (TPSA) is 56.9 Å². The van der Waals surface area contributed by atoms with Gasteiger partial charge in [-0.15, -0.1) is 0 Å². The maximum atomic E-state index is 14.7. The maximum Gasteiger partial charge on any atom is 0.271 e. The molecule has 2 heterocycles. The Hall–Kier alpha value is -4.13. The molecule has 2 aromatic heterocycles. The Kier molecular flexibility index (Phi) is 4.25. The number of rotatable bonds is 2. The number of pyridine rings is 1. The Bertz CT molecular complexity index is 1600. The molecule has 0 spiro atoms. The summed E-state index contributed by atoms with van der Waals surface area (Å²) in [5.41, 5.74) is -0.00436. The van der Waals surface area contributed by atoms with Crippen LogP contribution in [0.1, 0.15) is 0 Å². The fourth-order valence-electron chi connectivity index (χ4n) is 3.81. The summed E-state index contributed by atoms with van der Waals surface area (Å²) in [5.74, 6) is -1.04. The first-order valence-corrected chi connectivity index (χ1v) is 9.52. The van der Waals surface area contributed by atoms with Crippen LogP contribution in [0.2, 0.25) is 0 Å². The molecule has 0 aliphatic carbocycles. The van der Waals surface area contributed by atoms with Crippen LogP contribution in [0.5, 0.6) is 0 Å². The van der Waals surface area contributed by atoms with E-state index in [0.29, 0.717) is 10.9 Å². The van der Waals surface area contributed by atoms with Crippen LogP contribution in [-0.2, 0) is 7.05 Å². The molecular formula is C24H15F2N3O2. The molecule has 5 aromatic rings. The molecule has 7 heteroatoms. The van der Waals surface area contributed by atoms with Gasteiger partial charge in [0.25, 0.3) is 5.56 Å². The number of hydrogen-bond donors (Lipinski definition) is 0. The molecule has 0 aliphatic rings. The largest absolute Gasteiger partial charge is 0.328 e. The Morgan fingerprint density at radius 1 is 0.839 bits per heavy atom. The van der Waals surface area contributed by atoms with Gasteiger partial charge in [-0.2, -0.15) is 0 Å². The molecule has 5 nitrogen and oxygen atoms in total. The van der Waals surface area contributed by atoms with Crippen molar-refractivity contribution < 1.29 is 8.78 Å². The van der Waals surface area contributed by atoms with Gasteiger partial charge < -0.3 is 4.57 Å². The summed E-state index contributed by atoms with van der Waals surface area (Å²) >= 11 is 0. The van der Waals surface area contributed by atoms with Crippen LogP contribution in [0.25, 0.3) is 39.0 Å². The average Bonchev–Trinajstić information content (AvgIpc) is 2.78. The summed E-state index contributed by atoms with van der Waals surface area (Å²) in [4.78, 5) is 31.4. The summed E-state index contributed by atoms with van der Waals surface area (Å²) in [6, 6.07) is 18.0. The van der Waals surface area contributed by atoms with Crippen LogP contribution >= 0.6 is 0 Å². The average molecular weight is 415 g/mol. The first-order valence-electron chi connectivity index (χ1n) is 9.52. The molecule has 152 valence electrons. The standard InChI is InChI=1S/C24H15F2N3O2/c1-28-19-9-5-3-7-17(19)21(30)20-23(28)27-22(16-6-2-4-8-18(16)26)29(24(20)31)15-12-10-14(25)11-13-15/h2-13H,1H3. The molecule has 0 N–H and O–H groups in total. The van der Waals surface area contributed by atoms with Gasteiger partial charge in [0.1, 0.15) is 17.0 Å². The summed E-state index contributed by atoms with van der Waals surface area (Å²) in [5, 5.41) is 0.256. The predicted octanol–water partition coefficient (Wildman–Crippen LogP) is 4.18. The van der Waals surface area contributed by atoms with Crippen molar-refractivity contribution in [3.63, 3.8) is 0 Å². The van der Waals surface area contributed by atoms with Gasteiger partial charge in [0.2, 0.25) is 5.43 Å². The SMILES string of the molecule is Cn1c2ccccc2c(=O)c2c(=O)n(-c3ccc(F)cc3)c(-c3ccccc3F)nc21. The number of halogens is 2. The van der Waals surface area contributed by atoms with Crippen LogP contribution in [0.3, 0.4) is 0 Å². The zero-order chi connectivity index (χ0) is 21.7. The predicted molar refractivity (Wildman–Crippen MR) is 115 cm³/mol. The fraction of sp³-hybridized carbons (Fsp3) is 0.0417. The number of hydrogen-bond acceptors (Lipinski definition) is 3. The summed E-state index contributed by atoms with van der Waals surface area (Å²) in [6.07, 6.45) is 0. The first-order chi connectivity index (χ1) is 15.0. The fourth-order valence-corrected chi connectivity index (χ4v) is 3.81. The molecular weight excluding hydrogens is 400 g/mol. The van der Waals surface area contributed by atoms with E-state index < -0.39 is 22.6 Å². The summed E-state index contributed by atoms with van der Waals surface area (Å²) in [7, 11) is 1.70. The third-order valence-electron chi connectivity index (χ3n) is 5.32. The second-order valence-electron chi connectivity index (χ2n) is 7.14. The van der Waals surface area contributed by atoms with Crippen molar-refractivity contribution in [2.75, 3.05) is 0 Å². The van der Waals surface area contributed by atoms with Crippen LogP contribution in [0, 0.1) is 11.6 Å². The molecule has 0 aliphatic heterocycles. The van der Waals surface area contributed by atoms with Crippen molar-refractivity contribution in [1.29, 1.82) is 0 Å². The van der Waals surface area contributed by atoms with Crippen LogP contribution in [0.4, 0.5) is 8.78 Å². The van der Waals surface area contributed by atoms with E-state index in [-0.39, 0.29) is 28.1 Å². The molecule has 5 rings (SSSR count). The molecule has 0 fully saturated rings. The van der Waals surface area contributed by atoms with E-state index in [4.69, 9.17) is 0 Å². The highest BCUT2D eigenvalue weighted by molar-refractivity contribution is 5.92. The highest BCUT2D eigenvalue weighted by Crippen LogP contribution is 2.25. The molecule has 0 unspecified atom stereocenters. The van der Waals surface area contributed by atoms with Gasteiger partial charge in [-0.25, -0.2) is 13.8 Å². The third-order valence-corrected chi connectivity index (χ3v) is 5.32. The van der Waals surface area contributed by atoms with E-state index in [2.05, 4.69) is 4.98 Å². The Morgan fingerprint density at radius 2 is 1.52 bits per heavy atom. The van der Waals surface area contributed by atoms with Crippen molar-refractivity contribution in [3.8, 4) is 17.1 Å². The van der Waals surface area contributed by atoms with Crippen molar-refractivity contribution in [2.24, 2.45) is 7.05 Å². The molecule has 0 radical (unpaired) electrons. The maximum absolute atomic E-state index is 14.7. The lowest BCUT2D eigenvalue weighted by Crippen LogP contribution is -2.28. The Balaban J connectivity index is 2.03. The minimum absolute atomic E-state index is 0.0208. The van der Waals surface area contributed by atoms with Gasteiger partial charge in [-0.3, -0.25) is 14.2 Å². The number of benzene rings is 3. The lowest BCUT2D eigenvalue weighted by molar-refractivity contribution is 0.626. The number of aromatic nitrogens is 3. The van der Waals surface area contributed by atoms with E-state index in [1.54, 1.807) is 41.9 Å². The highest BCUT2D eigenvalue weighted by atomic mass is 19.1. The molecule has 0 saturated carbocycles. The Labute approximate surface area is 174 Å². The van der Waals surface area contributed by atoms with E-state index >= 15 is 0 Å². The van der Waals surface area contributed by atoms with Crippen molar-refractivity contribution in [3.05, 3.63) is 105 Å². The second-order valence-corrected chi connectivity index (χ2v) is 7.14. The van der Waals surface area contributed by atoms with E-state index in [1.807, 2.05) is 0 Å². The molecule has 0 saturated heterocycles. The summed E-state index contributed by atoms with van der Waals surface area (Å²) in [6.45, 7) is 0. The van der Waals surface area contributed by atoms with Gasteiger partial charge >= 0.3 is 0 Å². The van der Waals surface area contributed by atoms with Crippen LogP contribution in [0.15, 0.2) is 82.4 Å². The van der Waals surface area contributed by atoms with Crippen molar-refractivity contribution >= 4 is 21.9 Å². The molecule has 3 aromatic carbocycles. The second kappa shape index (κ2) is 6.98. The number of aryl methyl sites for hydroxylation is 1. The lowest BCUT2D eigenvalue weighted by Gasteiger charge is -2.16. The third kappa shape index (κ3) is 2.85. The lowest BCUT2D eigenvalue weighted by atomic mass is 10.1. The smallest absolute Gasteiger partial charge is 0.271 e. The van der Waals surface area contributed by atoms with E-state index in [1.165, 1.54) is 42.5 Å². The van der Waals surface area contributed by atoms with Crippen LogP contribution in [-0.4, -0.2) is 14.1 Å². The van der Waals surface area contributed by atoms with Gasteiger partial charge in [-0.05, 0) is 48.5 Å². The van der Waals surface area contributed by atoms with E-state index in [9.17, 15) is 18.4 Å². The zero-order valence-electron chi connectivity index (χ0n) is 16.3. The number of nitrogens with zero attached hydrogens (tertiary/aromatic N) is 3. The van der Waals surface area contributed by atoms with Gasteiger partial charge in [-0.1, -0.05) is 24.3 Å². The summed E-state index contributed by atoms with van der Waals surface area (Å²) < 4.78 is 31.0. The minimum atomic E-state index is -0.652. The van der Waals surface area contributed by atoms with Gasteiger partial charge in [0.05, 0.1) is 16.8 Å². The zero-order valence-corrected chi connectivity index (χ0v) is 16.3. The van der Waals surface area contributed by atoms with E-state index in [0.717, 1.165) is 4.57 Å². The quantitative estimate of drug-likeness (QED) is 0.407. The van der Waals surface area contributed by atoms with Crippen molar-refractivity contribution in [1.82, 2.24) is 14.1 Å². The Morgan fingerprint density at radius 3 is 2.26 bits per heavy atom. The molecule has 0 bridgehead atoms. The number of para-hydroxylation sites is 1. The molecule has 31 heavy (non-hydrogen) atoms. The molecule has 0 atom stereocenters. The van der Waals surface area contributed by atoms with Gasteiger partial charge in [0.15, 0.2) is 11.5 Å². The van der Waals surface area contributed by atoms with Gasteiger partial charge in [0, 0.05) is 12.4 Å². The first kappa shape index (κ1) is 18.9. The van der Waals surface area contributed by atoms with Crippen molar-refractivity contribution in [2.45, 2.75) is 0 Å². The highest BCUT2D eigenvalue weighted by Gasteiger charge is 2.21. The monoisotopic (exact) mass is 415 g/mol. The number of fused-ring (bicyclic) bond motifs is 2. The molecule has 0 amide bonds. The van der Waals surface area contributed by atoms with Crippen LogP contribution < -0.4 is 11.0 Å².